The summed E-state index contributed by atoms with van der Waals surface area (Å²) in [6, 6.07) is 3.82. The van der Waals surface area contributed by atoms with Gasteiger partial charge >= 0.3 is 0 Å². The molecule has 2 rings (SSSR count). The van der Waals surface area contributed by atoms with E-state index in [9.17, 15) is 12.8 Å². The van der Waals surface area contributed by atoms with Crippen molar-refractivity contribution in [1.29, 1.82) is 0 Å². The van der Waals surface area contributed by atoms with Crippen LogP contribution in [-0.4, -0.2) is 14.5 Å². The summed E-state index contributed by atoms with van der Waals surface area (Å²) in [5.74, 6) is -0.606. The SMILES string of the molecule is CC1(C)C(Nc2ccc(S(N)(=O)=O)cc2F)C1(C)C. The van der Waals surface area contributed by atoms with Crippen molar-refractivity contribution in [2.75, 3.05) is 5.32 Å². The van der Waals surface area contributed by atoms with Gasteiger partial charge in [-0.1, -0.05) is 27.7 Å². The summed E-state index contributed by atoms with van der Waals surface area (Å²) in [6.07, 6.45) is 0. The first-order chi connectivity index (χ1) is 8.48. The number of nitrogens with one attached hydrogen (secondary N) is 1. The summed E-state index contributed by atoms with van der Waals surface area (Å²) in [4.78, 5) is -0.218. The Kier molecular flexibility index (Phi) is 2.95. The van der Waals surface area contributed by atoms with E-state index in [2.05, 4.69) is 33.0 Å². The molecular formula is C13H19FN2O2S. The molecule has 0 aliphatic heterocycles. The van der Waals surface area contributed by atoms with Gasteiger partial charge in [0, 0.05) is 6.04 Å². The lowest BCUT2D eigenvalue weighted by Crippen LogP contribution is -2.14. The molecule has 0 saturated heterocycles. The molecule has 1 aromatic carbocycles. The Morgan fingerprint density at radius 1 is 1.21 bits per heavy atom. The largest absolute Gasteiger partial charge is 0.379 e. The maximum absolute atomic E-state index is 13.9. The zero-order valence-electron chi connectivity index (χ0n) is 11.5. The van der Waals surface area contributed by atoms with Crippen LogP contribution < -0.4 is 10.5 Å². The number of halogens is 1. The van der Waals surface area contributed by atoms with E-state index in [1.165, 1.54) is 12.1 Å². The Morgan fingerprint density at radius 2 is 1.74 bits per heavy atom. The van der Waals surface area contributed by atoms with Gasteiger partial charge in [0.2, 0.25) is 10.0 Å². The van der Waals surface area contributed by atoms with Gasteiger partial charge in [0.25, 0.3) is 0 Å². The van der Waals surface area contributed by atoms with Gasteiger partial charge in [-0.25, -0.2) is 17.9 Å². The number of primary sulfonamides is 1. The molecule has 0 atom stereocenters. The molecule has 4 nitrogen and oxygen atoms in total. The van der Waals surface area contributed by atoms with Gasteiger partial charge in [-0.15, -0.1) is 0 Å². The second kappa shape index (κ2) is 3.93. The van der Waals surface area contributed by atoms with Gasteiger partial charge in [0.05, 0.1) is 10.6 Å². The number of nitrogens with two attached hydrogens (primary N) is 1. The van der Waals surface area contributed by atoms with E-state index in [4.69, 9.17) is 5.14 Å². The third-order valence-electron chi connectivity index (χ3n) is 4.59. The molecule has 1 fully saturated rings. The lowest BCUT2D eigenvalue weighted by Gasteiger charge is -2.10. The summed E-state index contributed by atoms with van der Waals surface area (Å²) in [7, 11) is -3.87. The van der Waals surface area contributed by atoms with Crippen molar-refractivity contribution in [3.05, 3.63) is 24.0 Å². The van der Waals surface area contributed by atoms with Crippen molar-refractivity contribution >= 4 is 15.7 Å². The lowest BCUT2D eigenvalue weighted by atomic mass is 10.0. The fourth-order valence-corrected chi connectivity index (χ4v) is 3.03. The van der Waals surface area contributed by atoms with Crippen molar-refractivity contribution in [3.63, 3.8) is 0 Å². The van der Waals surface area contributed by atoms with Crippen LogP contribution in [0.5, 0.6) is 0 Å². The summed E-state index contributed by atoms with van der Waals surface area (Å²) >= 11 is 0. The van der Waals surface area contributed by atoms with Gasteiger partial charge in [-0.3, -0.25) is 0 Å². The van der Waals surface area contributed by atoms with Crippen LogP contribution in [0, 0.1) is 16.6 Å². The highest BCUT2D eigenvalue weighted by Gasteiger charge is 2.65. The molecule has 1 aliphatic carbocycles. The standard InChI is InChI=1S/C13H19FN2O2S/c1-12(2)11(13(12,3)4)16-10-6-5-8(7-9(10)14)19(15,17)18/h5-7,11,16H,1-4H3,(H2,15,17,18). The van der Waals surface area contributed by atoms with E-state index in [1.807, 2.05) is 0 Å². The molecule has 6 heteroatoms. The molecule has 1 aliphatic rings. The molecule has 1 aromatic rings. The topological polar surface area (TPSA) is 72.2 Å². The predicted octanol–water partition coefficient (Wildman–Crippen LogP) is 2.32. The second-order valence-electron chi connectivity index (χ2n) is 6.21. The van der Waals surface area contributed by atoms with Gasteiger partial charge in [0.1, 0.15) is 5.82 Å². The third kappa shape index (κ3) is 2.23. The Labute approximate surface area is 113 Å². The number of hydrogen-bond donors (Lipinski definition) is 2. The van der Waals surface area contributed by atoms with Crippen LogP contribution in [0.15, 0.2) is 23.1 Å². The Bertz CT molecular complexity index is 610. The first-order valence-electron chi connectivity index (χ1n) is 6.07. The van der Waals surface area contributed by atoms with Crippen molar-refractivity contribution in [1.82, 2.24) is 0 Å². The minimum atomic E-state index is -3.87. The van der Waals surface area contributed by atoms with Crippen LogP contribution >= 0.6 is 0 Å². The zero-order chi connectivity index (χ0) is 14.6. The maximum Gasteiger partial charge on any atom is 0.238 e. The molecule has 0 amide bonds. The molecule has 19 heavy (non-hydrogen) atoms. The minimum Gasteiger partial charge on any atom is -0.379 e. The van der Waals surface area contributed by atoms with Crippen LogP contribution in [0.1, 0.15) is 27.7 Å². The first-order valence-corrected chi connectivity index (χ1v) is 7.61. The van der Waals surface area contributed by atoms with Crippen LogP contribution in [0.3, 0.4) is 0 Å². The van der Waals surface area contributed by atoms with Crippen molar-refractivity contribution in [2.24, 2.45) is 16.0 Å². The average Bonchev–Trinajstić information content (AvgIpc) is 2.61. The van der Waals surface area contributed by atoms with E-state index in [1.54, 1.807) is 0 Å². The van der Waals surface area contributed by atoms with Gasteiger partial charge in [0.15, 0.2) is 0 Å². The second-order valence-corrected chi connectivity index (χ2v) is 7.77. The molecule has 1 saturated carbocycles. The average molecular weight is 286 g/mol. The van der Waals surface area contributed by atoms with E-state index in [0.717, 1.165) is 6.07 Å². The normalized spacial score (nSPS) is 21.2. The highest BCUT2D eigenvalue weighted by Crippen LogP contribution is 2.63. The number of sulfonamides is 1. The Morgan fingerprint density at radius 3 is 2.11 bits per heavy atom. The third-order valence-corrected chi connectivity index (χ3v) is 5.50. The summed E-state index contributed by atoms with van der Waals surface area (Å²) in [5, 5.41) is 8.09. The zero-order valence-corrected chi connectivity index (χ0v) is 12.3. The molecule has 0 bridgehead atoms. The fourth-order valence-electron chi connectivity index (χ4n) is 2.50. The predicted molar refractivity (Wildman–Crippen MR) is 72.7 cm³/mol. The molecular weight excluding hydrogens is 267 g/mol. The monoisotopic (exact) mass is 286 g/mol. The van der Waals surface area contributed by atoms with Crippen molar-refractivity contribution < 1.29 is 12.8 Å². The maximum atomic E-state index is 13.9. The first kappa shape index (κ1) is 14.3. The number of rotatable bonds is 3. The van der Waals surface area contributed by atoms with Crippen LogP contribution in [-0.2, 0) is 10.0 Å². The number of anilines is 1. The molecule has 3 N–H and O–H groups in total. The summed E-state index contributed by atoms with van der Waals surface area (Å²) in [5.41, 5.74) is 0.437. The minimum absolute atomic E-state index is 0.0675. The Hall–Kier alpha value is -1.14. The van der Waals surface area contributed by atoms with E-state index < -0.39 is 15.8 Å². The smallest absolute Gasteiger partial charge is 0.238 e. The molecule has 0 radical (unpaired) electrons. The summed E-state index contributed by atoms with van der Waals surface area (Å²) in [6.45, 7) is 8.45. The van der Waals surface area contributed by atoms with Crippen molar-refractivity contribution in [3.8, 4) is 0 Å². The van der Waals surface area contributed by atoms with E-state index in [0.29, 0.717) is 5.69 Å². The highest BCUT2D eigenvalue weighted by atomic mass is 32.2. The highest BCUT2D eigenvalue weighted by molar-refractivity contribution is 7.89. The van der Waals surface area contributed by atoms with Gasteiger partial charge in [-0.05, 0) is 29.0 Å². The number of hydrogen-bond acceptors (Lipinski definition) is 3. The quantitative estimate of drug-likeness (QED) is 0.895. The van der Waals surface area contributed by atoms with Crippen LogP contribution in [0.4, 0.5) is 10.1 Å². The fraction of sp³-hybridized carbons (Fsp3) is 0.538. The van der Waals surface area contributed by atoms with Crippen LogP contribution in [0.25, 0.3) is 0 Å². The molecule has 106 valence electrons. The van der Waals surface area contributed by atoms with E-state index >= 15 is 0 Å². The van der Waals surface area contributed by atoms with Gasteiger partial charge < -0.3 is 5.32 Å². The molecule has 0 spiro atoms. The molecule has 0 aromatic heterocycles. The van der Waals surface area contributed by atoms with Crippen LogP contribution in [0.2, 0.25) is 0 Å². The molecule has 0 unspecified atom stereocenters. The Balaban J connectivity index is 2.25. The van der Waals surface area contributed by atoms with Gasteiger partial charge in [-0.2, -0.15) is 0 Å². The molecule has 0 heterocycles. The van der Waals surface area contributed by atoms with Crippen molar-refractivity contribution in [2.45, 2.75) is 38.6 Å². The number of benzene rings is 1. The van der Waals surface area contributed by atoms with E-state index in [-0.39, 0.29) is 21.8 Å². The summed E-state index contributed by atoms with van der Waals surface area (Å²) < 4.78 is 36.1. The lowest BCUT2D eigenvalue weighted by molar-refractivity contribution is 0.457.